The van der Waals surface area contributed by atoms with E-state index in [9.17, 15) is 13.2 Å². The summed E-state index contributed by atoms with van der Waals surface area (Å²) in [6.45, 7) is 0. The molecule has 3 rings (SSSR count). The number of hydrogen-bond donors (Lipinski definition) is 2. The highest BCUT2D eigenvalue weighted by Crippen LogP contribution is 2.45. The van der Waals surface area contributed by atoms with Gasteiger partial charge < -0.3 is 5.11 Å². The highest BCUT2D eigenvalue weighted by Gasteiger charge is 2.44. The molecular weight excluding hydrogens is 286 g/mol. The van der Waals surface area contributed by atoms with Gasteiger partial charge in [0.1, 0.15) is 9.77 Å². The minimum absolute atomic E-state index is 0.00783. The molecule has 104 valence electrons. The average molecular weight is 301 g/mol. The Balaban J connectivity index is 1.85. The number of sulfonamides is 1. The third-order valence-corrected chi connectivity index (χ3v) is 6.20. The van der Waals surface area contributed by atoms with Crippen LogP contribution in [0.15, 0.2) is 16.3 Å². The number of carbonyl (C=O) groups is 1. The largest absolute Gasteiger partial charge is 0.477 e. The molecule has 0 aromatic carbocycles. The maximum atomic E-state index is 12.3. The number of carboxylic acid groups (broad SMARTS) is 1. The van der Waals surface area contributed by atoms with Crippen LogP contribution in [0.4, 0.5) is 0 Å². The molecule has 0 unspecified atom stereocenters. The molecule has 2 saturated carbocycles. The van der Waals surface area contributed by atoms with Crippen molar-refractivity contribution < 1.29 is 18.3 Å². The standard InChI is InChI=1S/C12H15NO4S2/c14-12(15)11-9(5-6-18-11)19(16,17)13-10(7-1-2-7)8-3-4-8/h5-8,10,13H,1-4H2,(H,14,15). The Morgan fingerprint density at radius 1 is 1.32 bits per heavy atom. The molecule has 7 heteroatoms. The normalized spacial score (nSPS) is 19.8. The summed E-state index contributed by atoms with van der Waals surface area (Å²) in [6.07, 6.45) is 4.27. The first-order chi connectivity index (χ1) is 8.99. The SMILES string of the molecule is O=C(O)c1sccc1S(=O)(=O)NC(C1CC1)C1CC1. The third kappa shape index (κ3) is 2.68. The van der Waals surface area contributed by atoms with Crippen molar-refractivity contribution in [3.63, 3.8) is 0 Å². The highest BCUT2D eigenvalue weighted by molar-refractivity contribution is 7.89. The zero-order valence-corrected chi connectivity index (χ0v) is 11.8. The highest BCUT2D eigenvalue weighted by atomic mass is 32.2. The van der Waals surface area contributed by atoms with Crippen molar-refractivity contribution in [3.8, 4) is 0 Å². The maximum absolute atomic E-state index is 12.3. The molecule has 0 aliphatic heterocycles. The number of nitrogens with one attached hydrogen (secondary N) is 1. The van der Waals surface area contributed by atoms with Crippen molar-refractivity contribution in [2.24, 2.45) is 11.8 Å². The van der Waals surface area contributed by atoms with E-state index in [-0.39, 0.29) is 15.8 Å². The molecule has 0 radical (unpaired) electrons. The first kappa shape index (κ1) is 13.1. The number of rotatable bonds is 6. The van der Waals surface area contributed by atoms with Gasteiger partial charge in [-0.1, -0.05) is 0 Å². The van der Waals surface area contributed by atoms with Gasteiger partial charge in [-0.25, -0.2) is 17.9 Å². The summed E-state index contributed by atoms with van der Waals surface area (Å²) >= 11 is 0.941. The maximum Gasteiger partial charge on any atom is 0.347 e. The van der Waals surface area contributed by atoms with Gasteiger partial charge in [0.05, 0.1) is 0 Å². The number of aromatic carboxylic acids is 1. The lowest BCUT2D eigenvalue weighted by Gasteiger charge is -2.17. The van der Waals surface area contributed by atoms with Crippen molar-refractivity contribution in [2.75, 3.05) is 0 Å². The fraction of sp³-hybridized carbons (Fsp3) is 0.583. The second-order valence-electron chi connectivity index (χ2n) is 5.24. The number of thiophene rings is 1. The summed E-state index contributed by atoms with van der Waals surface area (Å²) in [7, 11) is -3.72. The van der Waals surface area contributed by atoms with Gasteiger partial charge >= 0.3 is 5.97 Å². The van der Waals surface area contributed by atoms with Gasteiger partial charge in [0.15, 0.2) is 0 Å². The van der Waals surface area contributed by atoms with Gasteiger partial charge in [-0.2, -0.15) is 0 Å². The summed E-state index contributed by atoms with van der Waals surface area (Å²) in [5.41, 5.74) is 0. The van der Waals surface area contributed by atoms with Gasteiger partial charge in [-0.15, -0.1) is 11.3 Å². The Morgan fingerprint density at radius 3 is 2.37 bits per heavy atom. The number of carboxylic acids is 1. The lowest BCUT2D eigenvalue weighted by molar-refractivity contribution is 0.0698. The first-order valence-corrected chi connectivity index (χ1v) is 8.68. The summed E-state index contributed by atoms with van der Waals surface area (Å²) in [5, 5.41) is 10.5. The molecule has 0 amide bonds. The Labute approximate surface area is 115 Å². The van der Waals surface area contributed by atoms with Crippen molar-refractivity contribution in [1.29, 1.82) is 0 Å². The van der Waals surface area contributed by atoms with Crippen molar-refractivity contribution in [1.82, 2.24) is 4.72 Å². The van der Waals surface area contributed by atoms with Crippen LogP contribution in [-0.4, -0.2) is 25.5 Å². The summed E-state index contributed by atoms with van der Waals surface area (Å²) < 4.78 is 27.4. The fourth-order valence-corrected chi connectivity index (χ4v) is 5.03. The van der Waals surface area contributed by atoms with Crippen molar-refractivity contribution in [3.05, 3.63) is 16.3 Å². The monoisotopic (exact) mass is 301 g/mol. The van der Waals surface area contributed by atoms with E-state index in [1.165, 1.54) is 11.4 Å². The van der Waals surface area contributed by atoms with Crippen LogP contribution in [0.3, 0.4) is 0 Å². The Bertz CT molecular complexity index is 587. The van der Waals surface area contributed by atoms with E-state index in [0.717, 1.165) is 37.0 Å². The molecule has 2 aliphatic carbocycles. The quantitative estimate of drug-likeness (QED) is 0.840. The van der Waals surface area contributed by atoms with Gasteiger partial charge in [0.2, 0.25) is 10.0 Å². The van der Waals surface area contributed by atoms with Crippen molar-refractivity contribution in [2.45, 2.75) is 36.6 Å². The molecule has 19 heavy (non-hydrogen) atoms. The van der Waals surface area contributed by atoms with Crippen LogP contribution in [-0.2, 0) is 10.0 Å². The molecule has 1 aromatic rings. The predicted molar refractivity (Wildman–Crippen MR) is 70.8 cm³/mol. The van der Waals surface area contributed by atoms with Crippen LogP contribution in [0.2, 0.25) is 0 Å². The molecule has 5 nitrogen and oxygen atoms in total. The van der Waals surface area contributed by atoms with E-state index in [1.807, 2.05) is 0 Å². The van der Waals surface area contributed by atoms with E-state index in [0.29, 0.717) is 11.8 Å². The van der Waals surface area contributed by atoms with Gasteiger partial charge in [-0.05, 0) is 49.0 Å². The Hall–Kier alpha value is -0.920. The molecule has 0 saturated heterocycles. The lowest BCUT2D eigenvalue weighted by Crippen LogP contribution is -2.38. The minimum atomic E-state index is -3.72. The molecule has 2 fully saturated rings. The molecule has 1 heterocycles. The van der Waals surface area contributed by atoms with Crippen LogP contribution < -0.4 is 4.72 Å². The van der Waals surface area contributed by atoms with Crippen LogP contribution in [0.1, 0.15) is 35.4 Å². The average Bonchev–Trinajstić information content (AvgIpc) is 3.24. The zero-order chi connectivity index (χ0) is 13.6. The van der Waals surface area contributed by atoms with E-state index in [1.54, 1.807) is 0 Å². The predicted octanol–water partition coefficient (Wildman–Crippen LogP) is 1.91. The molecule has 2 aliphatic rings. The summed E-state index contributed by atoms with van der Waals surface area (Å²) in [4.78, 5) is 10.8. The van der Waals surface area contributed by atoms with E-state index in [4.69, 9.17) is 5.11 Å². The van der Waals surface area contributed by atoms with Crippen LogP contribution in [0.25, 0.3) is 0 Å². The van der Waals surface area contributed by atoms with E-state index in [2.05, 4.69) is 4.72 Å². The van der Waals surface area contributed by atoms with Gasteiger partial charge in [0.25, 0.3) is 0 Å². The second-order valence-corrected chi connectivity index (χ2v) is 7.84. The van der Waals surface area contributed by atoms with E-state index >= 15 is 0 Å². The minimum Gasteiger partial charge on any atom is -0.477 e. The molecular formula is C12H15NO4S2. The topological polar surface area (TPSA) is 83.5 Å². The lowest BCUT2D eigenvalue weighted by atomic mass is 10.1. The first-order valence-electron chi connectivity index (χ1n) is 6.32. The Morgan fingerprint density at radius 2 is 1.89 bits per heavy atom. The van der Waals surface area contributed by atoms with Crippen LogP contribution >= 0.6 is 11.3 Å². The second kappa shape index (κ2) is 4.57. The molecule has 0 bridgehead atoms. The molecule has 2 N–H and O–H groups in total. The zero-order valence-electron chi connectivity index (χ0n) is 10.2. The fourth-order valence-electron chi connectivity index (χ4n) is 2.40. The molecule has 1 aromatic heterocycles. The molecule has 0 spiro atoms. The summed E-state index contributed by atoms with van der Waals surface area (Å²) in [5.74, 6) is -0.312. The number of hydrogen-bond acceptors (Lipinski definition) is 4. The third-order valence-electron chi connectivity index (χ3n) is 3.66. The van der Waals surface area contributed by atoms with Gasteiger partial charge in [-0.3, -0.25) is 0 Å². The Kier molecular flexibility index (Phi) is 3.15. The smallest absolute Gasteiger partial charge is 0.347 e. The van der Waals surface area contributed by atoms with Crippen molar-refractivity contribution >= 4 is 27.3 Å². The summed E-state index contributed by atoms with van der Waals surface area (Å²) in [6, 6.07) is 1.36. The van der Waals surface area contributed by atoms with Gasteiger partial charge in [0, 0.05) is 6.04 Å². The van der Waals surface area contributed by atoms with E-state index < -0.39 is 16.0 Å². The van der Waals surface area contributed by atoms with Crippen LogP contribution in [0, 0.1) is 11.8 Å². The van der Waals surface area contributed by atoms with Crippen LogP contribution in [0.5, 0.6) is 0 Å². The molecule has 0 atom stereocenters.